The Labute approximate surface area is 107 Å². The number of fused-ring (bicyclic) bond motifs is 1. The lowest BCUT2D eigenvalue weighted by molar-refractivity contribution is -0.145. The molecule has 1 aliphatic carbocycles. The fourth-order valence-electron chi connectivity index (χ4n) is 2.11. The van der Waals surface area contributed by atoms with Gasteiger partial charge in [-0.1, -0.05) is 6.07 Å². The second-order valence-electron chi connectivity index (χ2n) is 4.96. The number of aryl methyl sites for hydroxylation is 2. The number of carbonyl (C=O) groups is 1. The van der Waals surface area contributed by atoms with E-state index in [9.17, 15) is 4.79 Å². The largest absolute Gasteiger partial charge is 0.491 e. The van der Waals surface area contributed by atoms with Gasteiger partial charge in [-0.05, 0) is 56.5 Å². The summed E-state index contributed by atoms with van der Waals surface area (Å²) in [6, 6.07) is 6.03. The molecule has 0 saturated carbocycles. The minimum Gasteiger partial charge on any atom is -0.491 e. The fraction of sp³-hybridized carbons (Fsp3) is 0.500. The van der Waals surface area contributed by atoms with Gasteiger partial charge in [0.25, 0.3) is 0 Å². The summed E-state index contributed by atoms with van der Waals surface area (Å²) in [5.41, 5.74) is 1.66. The molecule has 18 heavy (non-hydrogen) atoms. The molecule has 1 aliphatic rings. The van der Waals surface area contributed by atoms with Crippen LogP contribution in [0.1, 0.15) is 24.5 Å². The van der Waals surface area contributed by atoms with Crippen molar-refractivity contribution in [2.24, 2.45) is 0 Å². The van der Waals surface area contributed by atoms with Crippen molar-refractivity contribution in [2.75, 3.05) is 13.7 Å². The highest BCUT2D eigenvalue weighted by molar-refractivity contribution is 5.78. The minimum absolute atomic E-state index is 0.109. The number of aliphatic carboxylic acids is 1. The maximum Gasteiger partial charge on any atom is 0.327 e. The number of hydrogen-bond acceptors (Lipinski definition) is 3. The lowest BCUT2D eigenvalue weighted by Crippen LogP contribution is -2.52. The van der Waals surface area contributed by atoms with Gasteiger partial charge in [0.1, 0.15) is 17.9 Å². The maximum atomic E-state index is 11.1. The molecule has 0 aromatic heterocycles. The average molecular weight is 249 g/mol. The molecule has 0 aliphatic heterocycles. The van der Waals surface area contributed by atoms with Crippen LogP contribution in [0.4, 0.5) is 0 Å². The lowest BCUT2D eigenvalue weighted by Gasteiger charge is -2.24. The highest BCUT2D eigenvalue weighted by Crippen LogP contribution is 2.26. The van der Waals surface area contributed by atoms with Crippen molar-refractivity contribution in [2.45, 2.75) is 31.7 Å². The summed E-state index contributed by atoms with van der Waals surface area (Å²) in [4.78, 5) is 11.1. The SMILES string of the molecule is CNC(C)(COc1ccc2c(c1)CCC2)C(=O)O. The Balaban J connectivity index is 2.04. The molecule has 0 spiro atoms. The van der Waals surface area contributed by atoms with Gasteiger partial charge in [0.2, 0.25) is 0 Å². The van der Waals surface area contributed by atoms with Gasteiger partial charge < -0.3 is 15.2 Å². The molecule has 2 N–H and O–H groups in total. The van der Waals surface area contributed by atoms with Crippen LogP contribution in [0.5, 0.6) is 5.75 Å². The fourth-order valence-corrected chi connectivity index (χ4v) is 2.11. The monoisotopic (exact) mass is 249 g/mol. The van der Waals surface area contributed by atoms with E-state index in [1.54, 1.807) is 14.0 Å². The third-order valence-electron chi connectivity index (χ3n) is 3.62. The summed E-state index contributed by atoms with van der Waals surface area (Å²) in [7, 11) is 1.63. The van der Waals surface area contributed by atoms with Crippen LogP contribution in [0, 0.1) is 0 Å². The van der Waals surface area contributed by atoms with E-state index >= 15 is 0 Å². The Bertz CT molecular complexity index is 458. The summed E-state index contributed by atoms with van der Waals surface area (Å²) in [5.74, 6) is -0.162. The van der Waals surface area contributed by atoms with Gasteiger partial charge in [-0.15, -0.1) is 0 Å². The maximum absolute atomic E-state index is 11.1. The van der Waals surface area contributed by atoms with Crippen LogP contribution in [-0.4, -0.2) is 30.3 Å². The van der Waals surface area contributed by atoms with Crippen molar-refractivity contribution in [3.63, 3.8) is 0 Å². The van der Waals surface area contributed by atoms with E-state index in [4.69, 9.17) is 9.84 Å². The first-order chi connectivity index (χ1) is 8.55. The van der Waals surface area contributed by atoms with E-state index in [-0.39, 0.29) is 6.61 Å². The number of carboxylic acid groups (broad SMARTS) is 1. The molecule has 0 amide bonds. The molecule has 0 fully saturated rings. The minimum atomic E-state index is -1.06. The lowest BCUT2D eigenvalue weighted by atomic mass is 10.1. The van der Waals surface area contributed by atoms with Crippen molar-refractivity contribution in [3.8, 4) is 5.75 Å². The normalized spacial score (nSPS) is 17.0. The smallest absolute Gasteiger partial charge is 0.327 e. The van der Waals surface area contributed by atoms with Gasteiger partial charge in [0, 0.05) is 0 Å². The Morgan fingerprint density at radius 2 is 2.17 bits per heavy atom. The van der Waals surface area contributed by atoms with E-state index in [2.05, 4.69) is 11.4 Å². The molecular formula is C14H19NO3. The first-order valence-electron chi connectivity index (χ1n) is 6.22. The van der Waals surface area contributed by atoms with Gasteiger partial charge >= 0.3 is 5.97 Å². The van der Waals surface area contributed by atoms with Crippen molar-refractivity contribution >= 4 is 5.97 Å². The van der Waals surface area contributed by atoms with Crippen LogP contribution in [0.2, 0.25) is 0 Å². The topological polar surface area (TPSA) is 58.6 Å². The van der Waals surface area contributed by atoms with Crippen LogP contribution in [0.25, 0.3) is 0 Å². The van der Waals surface area contributed by atoms with Crippen molar-refractivity contribution in [1.29, 1.82) is 0 Å². The van der Waals surface area contributed by atoms with E-state index < -0.39 is 11.5 Å². The number of benzene rings is 1. The zero-order valence-corrected chi connectivity index (χ0v) is 10.8. The number of hydrogen-bond donors (Lipinski definition) is 2. The first kappa shape index (κ1) is 12.9. The Kier molecular flexibility index (Phi) is 3.57. The van der Waals surface area contributed by atoms with Crippen LogP contribution < -0.4 is 10.1 Å². The Morgan fingerprint density at radius 3 is 2.83 bits per heavy atom. The van der Waals surface area contributed by atoms with Crippen LogP contribution in [0.15, 0.2) is 18.2 Å². The van der Waals surface area contributed by atoms with Gasteiger partial charge in [-0.2, -0.15) is 0 Å². The molecule has 1 aromatic rings. The summed E-state index contributed by atoms with van der Waals surface area (Å²) in [6.07, 6.45) is 3.43. The second-order valence-corrected chi connectivity index (χ2v) is 4.96. The number of nitrogens with one attached hydrogen (secondary N) is 1. The summed E-state index contributed by atoms with van der Waals surface area (Å²) >= 11 is 0. The quantitative estimate of drug-likeness (QED) is 0.832. The Morgan fingerprint density at radius 1 is 1.44 bits per heavy atom. The van der Waals surface area contributed by atoms with E-state index in [0.717, 1.165) is 18.6 Å². The Hall–Kier alpha value is -1.55. The van der Waals surface area contributed by atoms with E-state index in [1.807, 2.05) is 12.1 Å². The summed E-state index contributed by atoms with van der Waals surface area (Å²) < 4.78 is 5.61. The number of carboxylic acids is 1. The van der Waals surface area contributed by atoms with Crippen molar-refractivity contribution < 1.29 is 14.6 Å². The predicted octanol–water partition coefficient (Wildman–Crippen LogP) is 1.62. The highest BCUT2D eigenvalue weighted by Gasteiger charge is 2.32. The van der Waals surface area contributed by atoms with Gasteiger partial charge in [-0.25, -0.2) is 0 Å². The average Bonchev–Trinajstić information content (AvgIpc) is 2.82. The van der Waals surface area contributed by atoms with Crippen molar-refractivity contribution in [1.82, 2.24) is 5.32 Å². The van der Waals surface area contributed by atoms with Gasteiger partial charge in [0.05, 0.1) is 0 Å². The van der Waals surface area contributed by atoms with Crippen LogP contribution in [-0.2, 0) is 17.6 Å². The second kappa shape index (κ2) is 4.98. The molecule has 1 unspecified atom stereocenters. The number of ether oxygens (including phenoxy) is 1. The highest BCUT2D eigenvalue weighted by atomic mass is 16.5. The number of likely N-dealkylation sites (N-methyl/N-ethyl adjacent to an activating group) is 1. The third-order valence-corrected chi connectivity index (χ3v) is 3.62. The summed E-state index contributed by atoms with van der Waals surface area (Å²) in [6.45, 7) is 1.72. The zero-order valence-electron chi connectivity index (χ0n) is 10.8. The van der Waals surface area contributed by atoms with E-state index in [0.29, 0.717) is 0 Å². The summed E-state index contributed by atoms with van der Waals surface area (Å²) in [5, 5.41) is 11.9. The standard InChI is InChI=1S/C14H19NO3/c1-14(15-2,13(16)17)9-18-12-7-6-10-4-3-5-11(10)8-12/h6-8,15H,3-5,9H2,1-2H3,(H,16,17). The molecule has 4 nitrogen and oxygen atoms in total. The van der Waals surface area contributed by atoms with Crippen molar-refractivity contribution in [3.05, 3.63) is 29.3 Å². The molecule has 0 heterocycles. The molecule has 0 radical (unpaired) electrons. The molecule has 0 saturated heterocycles. The van der Waals surface area contributed by atoms with E-state index in [1.165, 1.54) is 17.5 Å². The van der Waals surface area contributed by atoms with Crippen LogP contribution >= 0.6 is 0 Å². The zero-order chi connectivity index (χ0) is 13.2. The first-order valence-corrected chi connectivity index (χ1v) is 6.22. The molecule has 0 bridgehead atoms. The predicted molar refractivity (Wildman–Crippen MR) is 69.1 cm³/mol. The third kappa shape index (κ3) is 2.48. The van der Waals surface area contributed by atoms with Crippen LogP contribution in [0.3, 0.4) is 0 Å². The molecular weight excluding hydrogens is 230 g/mol. The number of rotatable bonds is 5. The molecule has 98 valence electrons. The molecule has 1 atom stereocenters. The van der Waals surface area contributed by atoms with Gasteiger partial charge in [0.15, 0.2) is 0 Å². The molecule has 1 aromatic carbocycles. The van der Waals surface area contributed by atoms with Gasteiger partial charge in [-0.3, -0.25) is 4.79 Å². The molecule has 2 rings (SSSR count). The molecule has 4 heteroatoms.